The van der Waals surface area contributed by atoms with E-state index in [1.807, 2.05) is 49.4 Å². The number of benzene rings is 1. The Kier molecular flexibility index (Phi) is 4.50. The highest BCUT2D eigenvalue weighted by atomic mass is 16.1. The van der Waals surface area contributed by atoms with Gasteiger partial charge in [-0.15, -0.1) is 0 Å². The van der Waals surface area contributed by atoms with Crippen molar-refractivity contribution < 1.29 is 4.79 Å². The average Bonchev–Trinajstić information content (AvgIpc) is 2.45. The van der Waals surface area contributed by atoms with Gasteiger partial charge in [-0.2, -0.15) is 0 Å². The zero-order valence-electron chi connectivity index (χ0n) is 10.9. The number of anilines is 1. The fourth-order valence-electron chi connectivity index (χ4n) is 1.69. The lowest BCUT2D eigenvalue weighted by Gasteiger charge is -2.08. The molecular weight excluding hydrogens is 238 g/mol. The third kappa shape index (κ3) is 4.10. The maximum Gasteiger partial charge on any atom is 0.239 e. The SMILES string of the molecule is Cc1cccnc1CNC(=O)CNc1ccccc1. The number of hydrogen-bond acceptors (Lipinski definition) is 3. The van der Waals surface area contributed by atoms with Gasteiger partial charge in [0.25, 0.3) is 0 Å². The van der Waals surface area contributed by atoms with Gasteiger partial charge >= 0.3 is 0 Å². The summed E-state index contributed by atoms with van der Waals surface area (Å²) in [5.74, 6) is -0.0473. The highest BCUT2D eigenvalue weighted by Crippen LogP contribution is 2.04. The number of pyridine rings is 1. The predicted octanol–water partition coefficient (Wildman–Crippen LogP) is 2.12. The first-order valence-electron chi connectivity index (χ1n) is 6.22. The van der Waals surface area contributed by atoms with E-state index in [4.69, 9.17) is 0 Å². The molecule has 0 atom stereocenters. The fraction of sp³-hybridized carbons (Fsp3) is 0.200. The molecule has 1 amide bonds. The van der Waals surface area contributed by atoms with Gasteiger partial charge in [0.1, 0.15) is 0 Å². The molecule has 0 spiro atoms. The molecule has 4 nitrogen and oxygen atoms in total. The van der Waals surface area contributed by atoms with Crippen LogP contribution in [-0.4, -0.2) is 17.4 Å². The molecule has 0 bridgehead atoms. The van der Waals surface area contributed by atoms with Crippen LogP contribution < -0.4 is 10.6 Å². The highest BCUT2D eigenvalue weighted by Gasteiger charge is 2.03. The van der Waals surface area contributed by atoms with Crippen LogP contribution >= 0.6 is 0 Å². The molecule has 2 rings (SSSR count). The van der Waals surface area contributed by atoms with Crippen molar-refractivity contribution in [3.8, 4) is 0 Å². The number of nitrogens with zero attached hydrogens (tertiary/aromatic N) is 1. The molecule has 0 saturated heterocycles. The summed E-state index contributed by atoms with van der Waals surface area (Å²) >= 11 is 0. The van der Waals surface area contributed by atoms with E-state index in [1.54, 1.807) is 6.20 Å². The maximum absolute atomic E-state index is 11.7. The summed E-state index contributed by atoms with van der Waals surface area (Å²) in [4.78, 5) is 15.9. The van der Waals surface area contributed by atoms with E-state index in [2.05, 4.69) is 15.6 Å². The summed E-state index contributed by atoms with van der Waals surface area (Å²) in [7, 11) is 0. The van der Waals surface area contributed by atoms with Crippen LogP contribution in [0.5, 0.6) is 0 Å². The number of aromatic nitrogens is 1. The smallest absolute Gasteiger partial charge is 0.239 e. The second-order valence-corrected chi connectivity index (χ2v) is 4.26. The number of hydrogen-bond donors (Lipinski definition) is 2. The molecule has 0 aliphatic carbocycles. The number of rotatable bonds is 5. The molecule has 0 aliphatic rings. The monoisotopic (exact) mass is 255 g/mol. The van der Waals surface area contributed by atoms with E-state index in [-0.39, 0.29) is 12.5 Å². The minimum Gasteiger partial charge on any atom is -0.376 e. The molecule has 1 heterocycles. The molecule has 98 valence electrons. The molecule has 2 aromatic rings. The van der Waals surface area contributed by atoms with Crippen molar-refractivity contribution >= 4 is 11.6 Å². The fourth-order valence-corrected chi connectivity index (χ4v) is 1.69. The maximum atomic E-state index is 11.7. The van der Waals surface area contributed by atoms with Crippen molar-refractivity contribution in [3.63, 3.8) is 0 Å². The Balaban J connectivity index is 1.78. The molecule has 0 saturated carbocycles. The van der Waals surface area contributed by atoms with Crippen LogP contribution in [0.2, 0.25) is 0 Å². The molecule has 1 aromatic carbocycles. The first-order valence-corrected chi connectivity index (χ1v) is 6.22. The standard InChI is InChI=1S/C15H17N3O/c1-12-6-5-9-16-14(12)10-18-15(19)11-17-13-7-3-2-4-8-13/h2-9,17H,10-11H2,1H3,(H,18,19). The molecule has 0 aliphatic heterocycles. The molecule has 1 aromatic heterocycles. The van der Waals surface area contributed by atoms with Crippen LogP contribution in [0, 0.1) is 6.92 Å². The molecule has 0 fully saturated rings. The Morgan fingerprint density at radius 2 is 1.95 bits per heavy atom. The summed E-state index contributed by atoms with van der Waals surface area (Å²) in [5.41, 5.74) is 2.92. The second-order valence-electron chi connectivity index (χ2n) is 4.26. The minimum atomic E-state index is -0.0473. The van der Waals surface area contributed by atoms with Crippen LogP contribution in [0.3, 0.4) is 0 Å². The number of para-hydroxylation sites is 1. The van der Waals surface area contributed by atoms with Crippen LogP contribution in [0.25, 0.3) is 0 Å². The third-order valence-electron chi connectivity index (χ3n) is 2.80. The van der Waals surface area contributed by atoms with E-state index in [1.165, 1.54) is 0 Å². The van der Waals surface area contributed by atoms with E-state index < -0.39 is 0 Å². The van der Waals surface area contributed by atoms with Crippen LogP contribution in [0.1, 0.15) is 11.3 Å². The van der Waals surface area contributed by atoms with Gasteiger partial charge < -0.3 is 10.6 Å². The van der Waals surface area contributed by atoms with Gasteiger partial charge in [0, 0.05) is 11.9 Å². The molecule has 2 N–H and O–H groups in total. The predicted molar refractivity (Wildman–Crippen MR) is 75.8 cm³/mol. The second kappa shape index (κ2) is 6.54. The Bertz CT molecular complexity index is 540. The topological polar surface area (TPSA) is 54.0 Å². The van der Waals surface area contributed by atoms with E-state index >= 15 is 0 Å². The van der Waals surface area contributed by atoms with E-state index in [0.29, 0.717) is 6.54 Å². The first-order chi connectivity index (χ1) is 9.25. The number of amides is 1. The first kappa shape index (κ1) is 13.1. The lowest BCUT2D eigenvalue weighted by atomic mass is 10.2. The Morgan fingerprint density at radius 1 is 1.16 bits per heavy atom. The van der Waals surface area contributed by atoms with Crippen LogP contribution in [0.4, 0.5) is 5.69 Å². The largest absolute Gasteiger partial charge is 0.376 e. The summed E-state index contributed by atoms with van der Waals surface area (Å²) in [6.07, 6.45) is 1.73. The molecule has 0 unspecified atom stereocenters. The van der Waals surface area contributed by atoms with Gasteiger partial charge in [0.05, 0.1) is 18.8 Å². The van der Waals surface area contributed by atoms with Crippen molar-refractivity contribution in [2.24, 2.45) is 0 Å². The van der Waals surface area contributed by atoms with Gasteiger partial charge in [-0.3, -0.25) is 9.78 Å². The zero-order chi connectivity index (χ0) is 13.5. The van der Waals surface area contributed by atoms with Crippen molar-refractivity contribution in [2.45, 2.75) is 13.5 Å². The minimum absolute atomic E-state index is 0.0473. The number of carbonyl (C=O) groups is 1. The van der Waals surface area contributed by atoms with Crippen molar-refractivity contribution in [1.82, 2.24) is 10.3 Å². The van der Waals surface area contributed by atoms with Crippen molar-refractivity contribution in [3.05, 3.63) is 59.9 Å². The lowest BCUT2D eigenvalue weighted by molar-refractivity contribution is -0.119. The van der Waals surface area contributed by atoms with Crippen LogP contribution in [0.15, 0.2) is 48.7 Å². The lowest BCUT2D eigenvalue weighted by Crippen LogP contribution is -2.29. The number of carbonyl (C=O) groups excluding carboxylic acids is 1. The molecular formula is C15H17N3O. The summed E-state index contributed by atoms with van der Waals surface area (Å²) in [5, 5.41) is 5.91. The third-order valence-corrected chi connectivity index (χ3v) is 2.80. The quantitative estimate of drug-likeness (QED) is 0.860. The zero-order valence-corrected chi connectivity index (χ0v) is 10.9. The van der Waals surface area contributed by atoms with Gasteiger partial charge in [-0.1, -0.05) is 24.3 Å². The van der Waals surface area contributed by atoms with Gasteiger partial charge in [0.2, 0.25) is 5.91 Å². The number of nitrogens with one attached hydrogen (secondary N) is 2. The average molecular weight is 255 g/mol. The summed E-state index contributed by atoms with van der Waals surface area (Å²) < 4.78 is 0. The van der Waals surface area contributed by atoms with Gasteiger partial charge in [-0.25, -0.2) is 0 Å². The summed E-state index contributed by atoms with van der Waals surface area (Å²) in [6, 6.07) is 13.5. The van der Waals surface area contributed by atoms with E-state index in [9.17, 15) is 4.79 Å². The Morgan fingerprint density at radius 3 is 2.68 bits per heavy atom. The molecule has 4 heteroatoms. The van der Waals surface area contributed by atoms with Crippen molar-refractivity contribution in [2.75, 3.05) is 11.9 Å². The van der Waals surface area contributed by atoms with Gasteiger partial charge in [0.15, 0.2) is 0 Å². The van der Waals surface area contributed by atoms with Crippen molar-refractivity contribution in [1.29, 1.82) is 0 Å². The van der Waals surface area contributed by atoms with E-state index in [0.717, 1.165) is 16.9 Å². The Labute approximate surface area is 112 Å². The Hall–Kier alpha value is -2.36. The van der Waals surface area contributed by atoms with Gasteiger partial charge in [-0.05, 0) is 30.7 Å². The normalized spacial score (nSPS) is 9.95. The number of aryl methyl sites for hydroxylation is 1. The van der Waals surface area contributed by atoms with Crippen LogP contribution in [-0.2, 0) is 11.3 Å². The molecule has 0 radical (unpaired) electrons. The highest BCUT2D eigenvalue weighted by molar-refractivity contribution is 5.80. The summed E-state index contributed by atoms with van der Waals surface area (Å²) in [6.45, 7) is 2.70. The molecule has 19 heavy (non-hydrogen) atoms.